The van der Waals surface area contributed by atoms with Crippen molar-refractivity contribution in [1.82, 2.24) is 9.80 Å². The Balaban J connectivity index is 2.04. The third-order valence-corrected chi connectivity index (χ3v) is 3.92. The zero-order valence-electron chi connectivity index (χ0n) is 11.4. The van der Waals surface area contributed by atoms with Crippen LogP contribution in [-0.4, -0.2) is 59.6 Å². The van der Waals surface area contributed by atoms with Gasteiger partial charge < -0.3 is 9.64 Å². The maximum atomic E-state index is 12.5. The maximum Gasteiger partial charge on any atom is 0.240 e. The number of nitrogens with zero attached hydrogens (tertiary/aromatic N) is 2. The van der Waals surface area contributed by atoms with Crippen LogP contribution in [-0.2, 0) is 9.53 Å². The molecule has 0 radical (unpaired) electrons. The second-order valence-electron chi connectivity index (χ2n) is 5.99. The summed E-state index contributed by atoms with van der Waals surface area (Å²) in [6.07, 6.45) is 1.00. The van der Waals surface area contributed by atoms with Gasteiger partial charge in [-0.3, -0.25) is 9.69 Å². The molecular weight excluding hydrogens is 216 g/mol. The van der Waals surface area contributed by atoms with Crippen LogP contribution in [0.1, 0.15) is 34.1 Å². The van der Waals surface area contributed by atoms with Gasteiger partial charge >= 0.3 is 0 Å². The highest BCUT2D eigenvalue weighted by molar-refractivity contribution is 5.83. The fourth-order valence-electron chi connectivity index (χ4n) is 2.74. The third-order valence-electron chi connectivity index (χ3n) is 3.92. The Kier molecular flexibility index (Phi) is 3.46. The molecule has 0 saturated carbocycles. The van der Waals surface area contributed by atoms with E-state index in [2.05, 4.69) is 32.6 Å². The minimum Gasteiger partial charge on any atom is -0.377 e. The molecule has 0 bridgehead atoms. The molecule has 17 heavy (non-hydrogen) atoms. The number of ether oxygens (including phenoxy) is 1. The van der Waals surface area contributed by atoms with E-state index in [9.17, 15) is 4.79 Å². The first-order valence-electron chi connectivity index (χ1n) is 6.58. The van der Waals surface area contributed by atoms with Gasteiger partial charge in [0.2, 0.25) is 5.91 Å². The summed E-state index contributed by atoms with van der Waals surface area (Å²) >= 11 is 0. The van der Waals surface area contributed by atoms with E-state index in [0.717, 1.165) is 19.5 Å². The lowest BCUT2D eigenvalue weighted by Crippen LogP contribution is -2.65. The molecule has 4 heteroatoms. The lowest BCUT2D eigenvalue weighted by Gasteiger charge is -2.49. The molecule has 0 N–H and O–H groups in total. The average molecular weight is 240 g/mol. The number of carbonyl (C=O) groups is 1. The summed E-state index contributed by atoms with van der Waals surface area (Å²) in [5, 5.41) is 0. The number of hydrogen-bond acceptors (Lipinski definition) is 3. The Morgan fingerprint density at radius 2 is 2.06 bits per heavy atom. The normalized spacial score (nSPS) is 29.2. The molecule has 1 amide bonds. The number of morpholine rings is 1. The molecule has 0 aromatic carbocycles. The van der Waals surface area contributed by atoms with Gasteiger partial charge in [-0.15, -0.1) is 0 Å². The minimum absolute atomic E-state index is 0.104. The van der Waals surface area contributed by atoms with Crippen LogP contribution in [0, 0.1) is 0 Å². The molecule has 98 valence electrons. The smallest absolute Gasteiger partial charge is 0.240 e. The van der Waals surface area contributed by atoms with Crippen molar-refractivity contribution in [3.8, 4) is 0 Å². The molecular formula is C13H24N2O2. The quantitative estimate of drug-likeness (QED) is 0.725. The fourth-order valence-corrected chi connectivity index (χ4v) is 2.74. The third kappa shape index (κ3) is 2.33. The van der Waals surface area contributed by atoms with Gasteiger partial charge in [-0.05, 0) is 34.1 Å². The summed E-state index contributed by atoms with van der Waals surface area (Å²) in [6, 6.07) is 0.564. The lowest BCUT2D eigenvalue weighted by molar-refractivity contribution is -0.158. The zero-order valence-corrected chi connectivity index (χ0v) is 11.4. The van der Waals surface area contributed by atoms with Crippen molar-refractivity contribution in [2.75, 3.05) is 26.3 Å². The van der Waals surface area contributed by atoms with Crippen molar-refractivity contribution < 1.29 is 9.53 Å². The summed E-state index contributed by atoms with van der Waals surface area (Å²) in [7, 11) is 0. The van der Waals surface area contributed by atoms with E-state index >= 15 is 0 Å². The number of hydrogen-bond donors (Lipinski definition) is 0. The van der Waals surface area contributed by atoms with Crippen LogP contribution in [0.2, 0.25) is 0 Å². The molecule has 2 heterocycles. The van der Waals surface area contributed by atoms with Crippen LogP contribution >= 0.6 is 0 Å². The molecule has 2 fully saturated rings. The van der Waals surface area contributed by atoms with Crippen LogP contribution < -0.4 is 0 Å². The Bertz CT molecular complexity index is 302. The summed E-state index contributed by atoms with van der Waals surface area (Å²) in [4.78, 5) is 16.8. The van der Waals surface area contributed by atoms with E-state index in [1.54, 1.807) is 0 Å². The van der Waals surface area contributed by atoms with E-state index < -0.39 is 0 Å². The standard InChI is InChI=1S/C13H24N2O2/c1-10(2)14-6-5-11(14)12(16)15-7-8-17-9-13(15,3)4/h10-11H,5-9H2,1-4H3/t11-/m0/s1. The summed E-state index contributed by atoms with van der Waals surface area (Å²) in [5.41, 5.74) is -0.159. The van der Waals surface area contributed by atoms with Crippen molar-refractivity contribution in [1.29, 1.82) is 0 Å². The summed E-state index contributed by atoms with van der Waals surface area (Å²) < 4.78 is 5.46. The zero-order chi connectivity index (χ0) is 12.6. The SMILES string of the molecule is CC(C)N1CC[C@H]1C(=O)N1CCOCC1(C)C. The molecule has 0 aliphatic carbocycles. The summed E-state index contributed by atoms with van der Waals surface area (Å²) in [6.45, 7) is 11.6. The molecule has 0 aromatic rings. The Morgan fingerprint density at radius 1 is 1.35 bits per heavy atom. The van der Waals surface area contributed by atoms with Crippen LogP contribution in [0.15, 0.2) is 0 Å². The molecule has 4 nitrogen and oxygen atoms in total. The highest BCUT2D eigenvalue weighted by atomic mass is 16.5. The van der Waals surface area contributed by atoms with Gasteiger partial charge in [-0.2, -0.15) is 0 Å². The maximum absolute atomic E-state index is 12.5. The molecule has 2 rings (SSSR count). The van der Waals surface area contributed by atoms with E-state index in [0.29, 0.717) is 25.2 Å². The van der Waals surface area contributed by atoms with E-state index in [1.807, 2.05) is 4.90 Å². The predicted molar refractivity (Wildman–Crippen MR) is 66.9 cm³/mol. The molecule has 2 saturated heterocycles. The molecule has 0 aromatic heterocycles. The average Bonchev–Trinajstić information content (AvgIpc) is 2.13. The first kappa shape index (κ1) is 12.8. The minimum atomic E-state index is -0.159. The second kappa shape index (κ2) is 4.58. The number of likely N-dealkylation sites (tertiary alicyclic amines) is 1. The first-order valence-corrected chi connectivity index (χ1v) is 6.58. The van der Waals surface area contributed by atoms with Gasteiger partial charge in [0.15, 0.2) is 0 Å². The highest BCUT2D eigenvalue weighted by Crippen LogP contribution is 2.27. The van der Waals surface area contributed by atoms with Crippen molar-refractivity contribution in [3.05, 3.63) is 0 Å². The van der Waals surface area contributed by atoms with Gasteiger partial charge in [0.25, 0.3) is 0 Å². The van der Waals surface area contributed by atoms with E-state index in [1.165, 1.54) is 0 Å². The lowest BCUT2D eigenvalue weighted by atomic mass is 9.95. The molecule has 2 aliphatic rings. The van der Waals surface area contributed by atoms with Crippen LogP contribution in [0.4, 0.5) is 0 Å². The predicted octanol–water partition coefficient (Wildman–Crippen LogP) is 1.11. The van der Waals surface area contributed by atoms with Gasteiger partial charge in [0.05, 0.1) is 24.8 Å². The van der Waals surface area contributed by atoms with Crippen LogP contribution in [0.3, 0.4) is 0 Å². The van der Waals surface area contributed by atoms with Gasteiger partial charge in [-0.1, -0.05) is 0 Å². The number of rotatable bonds is 2. The van der Waals surface area contributed by atoms with Gasteiger partial charge in [0, 0.05) is 19.1 Å². The Labute approximate surface area is 104 Å². The van der Waals surface area contributed by atoms with Crippen molar-refractivity contribution in [2.24, 2.45) is 0 Å². The molecule has 0 unspecified atom stereocenters. The molecule has 0 spiro atoms. The molecule has 2 aliphatic heterocycles. The van der Waals surface area contributed by atoms with Crippen molar-refractivity contribution >= 4 is 5.91 Å². The molecule has 1 atom stereocenters. The van der Waals surface area contributed by atoms with Crippen LogP contribution in [0.5, 0.6) is 0 Å². The summed E-state index contributed by atoms with van der Waals surface area (Å²) in [5.74, 6) is 0.290. The van der Waals surface area contributed by atoms with Crippen molar-refractivity contribution in [3.63, 3.8) is 0 Å². The fraction of sp³-hybridized carbons (Fsp3) is 0.923. The van der Waals surface area contributed by atoms with Gasteiger partial charge in [-0.25, -0.2) is 0 Å². The van der Waals surface area contributed by atoms with Gasteiger partial charge in [0.1, 0.15) is 0 Å². The second-order valence-corrected chi connectivity index (χ2v) is 5.99. The van der Waals surface area contributed by atoms with Crippen molar-refractivity contribution in [2.45, 2.75) is 51.7 Å². The van der Waals surface area contributed by atoms with E-state index in [-0.39, 0.29) is 11.6 Å². The monoisotopic (exact) mass is 240 g/mol. The Morgan fingerprint density at radius 3 is 2.53 bits per heavy atom. The largest absolute Gasteiger partial charge is 0.377 e. The highest BCUT2D eigenvalue weighted by Gasteiger charge is 2.43. The topological polar surface area (TPSA) is 32.8 Å². The number of carbonyl (C=O) groups excluding carboxylic acids is 1. The number of amides is 1. The first-order chi connectivity index (χ1) is 7.93. The van der Waals surface area contributed by atoms with Crippen LogP contribution in [0.25, 0.3) is 0 Å². The Hall–Kier alpha value is -0.610. The van der Waals surface area contributed by atoms with E-state index in [4.69, 9.17) is 4.74 Å².